The number of amides is 1. The zero-order chi connectivity index (χ0) is 15.1. The van der Waals surface area contributed by atoms with Crippen LogP contribution in [0.5, 0.6) is 0 Å². The summed E-state index contributed by atoms with van der Waals surface area (Å²) in [4.78, 5) is 22.9. The van der Waals surface area contributed by atoms with E-state index in [0.29, 0.717) is 37.3 Å². The Morgan fingerprint density at radius 1 is 1.33 bits per heavy atom. The highest BCUT2D eigenvalue weighted by molar-refractivity contribution is 5.86. The number of benzene rings is 1. The number of carbonyl (C=O) groups excluding carboxylic acids is 2. The Kier molecular flexibility index (Phi) is 5.31. The van der Waals surface area contributed by atoms with Crippen molar-refractivity contribution in [1.29, 1.82) is 0 Å². The second-order valence-electron chi connectivity index (χ2n) is 4.56. The van der Waals surface area contributed by atoms with Crippen molar-refractivity contribution in [3.8, 4) is 0 Å². The molecule has 0 saturated carbocycles. The van der Waals surface area contributed by atoms with Gasteiger partial charge in [0.2, 0.25) is 5.91 Å². The number of hydrogen-bond acceptors (Lipinski definition) is 5. The molecule has 0 fully saturated rings. The Hall–Kier alpha value is -2.37. The molecule has 1 heterocycles. The molecule has 1 N–H and O–H groups in total. The predicted octanol–water partition coefficient (Wildman–Crippen LogP) is 1.83. The van der Waals surface area contributed by atoms with Gasteiger partial charge in [0.05, 0.1) is 13.0 Å². The van der Waals surface area contributed by atoms with Gasteiger partial charge in [0, 0.05) is 18.4 Å². The number of ether oxygens (including phenoxy) is 1. The highest BCUT2D eigenvalue weighted by atomic mass is 16.5. The number of nitrogens with one attached hydrogen (secondary N) is 1. The van der Waals surface area contributed by atoms with Crippen molar-refractivity contribution < 1.29 is 18.8 Å². The fourth-order valence-corrected chi connectivity index (χ4v) is 1.97. The number of para-hydroxylation sites is 1. The maximum atomic E-state index is 11.8. The Labute approximate surface area is 122 Å². The normalized spacial score (nSPS) is 10.5. The van der Waals surface area contributed by atoms with Crippen LogP contribution in [-0.2, 0) is 20.7 Å². The summed E-state index contributed by atoms with van der Waals surface area (Å²) in [5.41, 5.74) is 1.29. The third-order valence-corrected chi connectivity index (χ3v) is 2.97. The summed E-state index contributed by atoms with van der Waals surface area (Å²) < 4.78 is 9.95. The van der Waals surface area contributed by atoms with Crippen LogP contribution in [0.2, 0.25) is 0 Å². The van der Waals surface area contributed by atoms with Crippen molar-refractivity contribution in [1.82, 2.24) is 10.5 Å². The predicted molar refractivity (Wildman–Crippen MR) is 76.6 cm³/mol. The van der Waals surface area contributed by atoms with Crippen LogP contribution in [0.3, 0.4) is 0 Å². The van der Waals surface area contributed by atoms with Crippen LogP contribution in [-0.4, -0.2) is 30.2 Å². The average molecular weight is 290 g/mol. The second kappa shape index (κ2) is 7.42. The van der Waals surface area contributed by atoms with Crippen molar-refractivity contribution in [2.75, 3.05) is 13.2 Å². The summed E-state index contributed by atoms with van der Waals surface area (Å²) in [5, 5.41) is 7.51. The molecule has 112 valence electrons. The Morgan fingerprint density at radius 3 is 2.95 bits per heavy atom. The molecular formula is C15H18N2O4. The summed E-state index contributed by atoms with van der Waals surface area (Å²) in [6, 6.07) is 7.41. The molecule has 0 spiro atoms. The van der Waals surface area contributed by atoms with E-state index in [9.17, 15) is 9.59 Å². The van der Waals surface area contributed by atoms with Crippen LogP contribution in [0, 0.1) is 0 Å². The quantitative estimate of drug-likeness (QED) is 0.621. The number of fused-ring (bicyclic) bond motifs is 1. The highest BCUT2D eigenvalue weighted by Gasteiger charge is 2.11. The van der Waals surface area contributed by atoms with Gasteiger partial charge in [0.1, 0.15) is 5.69 Å². The molecule has 0 saturated heterocycles. The van der Waals surface area contributed by atoms with Crippen molar-refractivity contribution >= 4 is 22.8 Å². The zero-order valence-electron chi connectivity index (χ0n) is 11.9. The third-order valence-electron chi connectivity index (χ3n) is 2.97. The van der Waals surface area contributed by atoms with E-state index in [2.05, 4.69) is 10.5 Å². The zero-order valence-corrected chi connectivity index (χ0v) is 11.9. The first-order chi connectivity index (χ1) is 10.2. The molecule has 2 rings (SSSR count). The van der Waals surface area contributed by atoms with E-state index < -0.39 is 0 Å². The van der Waals surface area contributed by atoms with Gasteiger partial charge >= 0.3 is 5.97 Å². The van der Waals surface area contributed by atoms with Crippen molar-refractivity contribution in [3.05, 3.63) is 30.0 Å². The highest BCUT2D eigenvalue weighted by Crippen LogP contribution is 2.17. The molecule has 6 nitrogen and oxygen atoms in total. The van der Waals surface area contributed by atoms with Gasteiger partial charge in [-0.1, -0.05) is 17.3 Å². The standard InChI is InChI=1S/C15H18N2O4/c1-2-20-15(19)8-5-9-16-14(18)10-12-11-6-3-4-7-13(11)21-17-12/h3-4,6-7H,2,5,8-10H2,1H3,(H,16,18). The fraction of sp³-hybridized carbons (Fsp3) is 0.400. The van der Waals surface area contributed by atoms with E-state index in [1.54, 1.807) is 6.92 Å². The molecule has 1 aromatic carbocycles. The molecule has 1 aromatic heterocycles. The number of esters is 1. The van der Waals surface area contributed by atoms with Crippen LogP contribution in [0.1, 0.15) is 25.5 Å². The number of hydrogen-bond donors (Lipinski definition) is 1. The SMILES string of the molecule is CCOC(=O)CCCNC(=O)Cc1noc2ccccc12. The van der Waals surface area contributed by atoms with Gasteiger partial charge in [-0.3, -0.25) is 9.59 Å². The maximum absolute atomic E-state index is 11.8. The minimum absolute atomic E-state index is 0.141. The van der Waals surface area contributed by atoms with E-state index in [1.165, 1.54) is 0 Å². The van der Waals surface area contributed by atoms with E-state index in [0.717, 1.165) is 5.39 Å². The lowest BCUT2D eigenvalue weighted by Gasteiger charge is -2.04. The van der Waals surface area contributed by atoms with E-state index in [-0.39, 0.29) is 18.3 Å². The van der Waals surface area contributed by atoms with Crippen molar-refractivity contribution in [2.45, 2.75) is 26.2 Å². The number of carbonyl (C=O) groups is 2. The van der Waals surface area contributed by atoms with Gasteiger partial charge < -0.3 is 14.6 Å². The molecule has 0 aliphatic heterocycles. The summed E-state index contributed by atoms with van der Waals surface area (Å²) >= 11 is 0. The van der Waals surface area contributed by atoms with Crippen LogP contribution in [0.4, 0.5) is 0 Å². The van der Waals surface area contributed by atoms with Gasteiger partial charge in [-0.25, -0.2) is 0 Å². The third kappa shape index (κ3) is 4.30. The first-order valence-corrected chi connectivity index (χ1v) is 6.96. The van der Waals surface area contributed by atoms with Crippen LogP contribution in [0.15, 0.2) is 28.8 Å². The number of aromatic nitrogens is 1. The van der Waals surface area contributed by atoms with Gasteiger partial charge in [-0.15, -0.1) is 0 Å². The Bertz CT molecular complexity index is 621. The molecule has 0 unspecified atom stereocenters. The first kappa shape index (κ1) is 15.0. The van der Waals surface area contributed by atoms with Crippen LogP contribution in [0.25, 0.3) is 11.0 Å². The van der Waals surface area contributed by atoms with Gasteiger partial charge in [0.25, 0.3) is 0 Å². The number of rotatable bonds is 7. The molecular weight excluding hydrogens is 272 g/mol. The summed E-state index contributed by atoms with van der Waals surface area (Å²) in [6.45, 7) is 2.58. The van der Waals surface area contributed by atoms with E-state index in [4.69, 9.17) is 9.26 Å². The fourth-order valence-electron chi connectivity index (χ4n) is 1.97. The van der Waals surface area contributed by atoms with Gasteiger partial charge in [-0.05, 0) is 25.5 Å². The minimum atomic E-state index is -0.241. The largest absolute Gasteiger partial charge is 0.466 e. The topological polar surface area (TPSA) is 81.4 Å². The Morgan fingerprint density at radius 2 is 2.14 bits per heavy atom. The minimum Gasteiger partial charge on any atom is -0.466 e. The molecule has 0 aliphatic rings. The summed E-state index contributed by atoms with van der Waals surface area (Å²) in [5.74, 6) is -0.382. The molecule has 1 amide bonds. The number of nitrogens with zero attached hydrogens (tertiary/aromatic N) is 1. The molecule has 0 atom stereocenters. The lowest BCUT2D eigenvalue weighted by Crippen LogP contribution is -2.26. The molecule has 0 radical (unpaired) electrons. The lowest BCUT2D eigenvalue weighted by atomic mass is 10.1. The Balaban J connectivity index is 1.76. The van der Waals surface area contributed by atoms with Crippen LogP contribution < -0.4 is 5.32 Å². The van der Waals surface area contributed by atoms with E-state index in [1.807, 2.05) is 24.3 Å². The van der Waals surface area contributed by atoms with Crippen molar-refractivity contribution in [3.63, 3.8) is 0 Å². The monoisotopic (exact) mass is 290 g/mol. The first-order valence-electron chi connectivity index (χ1n) is 6.96. The van der Waals surface area contributed by atoms with Crippen LogP contribution >= 0.6 is 0 Å². The summed E-state index contributed by atoms with van der Waals surface area (Å²) in [7, 11) is 0. The molecule has 6 heteroatoms. The van der Waals surface area contributed by atoms with Gasteiger partial charge in [-0.2, -0.15) is 0 Å². The molecule has 0 aliphatic carbocycles. The molecule has 2 aromatic rings. The smallest absolute Gasteiger partial charge is 0.305 e. The maximum Gasteiger partial charge on any atom is 0.305 e. The average Bonchev–Trinajstić information content (AvgIpc) is 2.87. The van der Waals surface area contributed by atoms with Crippen molar-refractivity contribution in [2.24, 2.45) is 0 Å². The lowest BCUT2D eigenvalue weighted by molar-refractivity contribution is -0.143. The molecule has 21 heavy (non-hydrogen) atoms. The van der Waals surface area contributed by atoms with E-state index >= 15 is 0 Å². The second-order valence-corrected chi connectivity index (χ2v) is 4.56. The summed E-state index contributed by atoms with van der Waals surface area (Å²) in [6.07, 6.45) is 1.03. The van der Waals surface area contributed by atoms with Gasteiger partial charge in [0.15, 0.2) is 5.58 Å². The molecule has 0 bridgehead atoms.